The van der Waals surface area contributed by atoms with Crippen LogP contribution in [0.3, 0.4) is 0 Å². The third-order valence-corrected chi connectivity index (χ3v) is 9.56. The molecule has 6 aliphatic rings. The average Bonchev–Trinajstić information content (AvgIpc) is 2.39. The Morgan fingerprint density at radius 3 is 1.85 bits per heavy atom. The van der Waals surface area contributed by atoms with Crippen LogP contribution in [0.25, 0.3) is 0 Å². The second-order valence-electron chi connectivity index (χ2n) is 10.0. The predicted octanol–water partition coefficient (Wildman–Crippen LogP) is 4.41. The van der Waals surface area contributed by atoms with Crippen LogP contribution >= 0.6 is 0 Å². The van der Waals surface area contributed by atoms with Crippen LogP contribution in [0.15, 0.2) is 0 Å². The van der Waals surface area contributed by atoms with Crippen molar-refractivity contribution in [2.75, 3.05) is 0 Å². The minimum absolute atomic E-state index is 0.657. The van der Waals surface area contributed by atoms with Gasteiger partial charge in [0.15, 0.2) is 0 Å². The second-order valence-corrected chi connectivity index (χ2v) is 10.0. The zero-order valence-electron chi connectivity index (χ0n) is 14.4. The summed E-state index contributed by atoms with van der Waals surface area (Å²) in [4.78, 5) is 0. The summed E-state index contributed by atoms with van der Waals surface area (Å²) in [6.07, 6.45) is 6.18. The molecule has 0 spiro atoms. The van der Waals surface area contributed by atoms with Crippen molar-refractivity contribution < 1.29 is 0 Å². The molecule has 9 atom stereocenters. The molecule has 6 fully saturated rings. The highest BCUT2D eigenvalue weighted by atomic mass is 14.7. The molecule has 0 aromatic rings. The molecule has 6 aliphatic carbocycles. The van der Waals surface area contributed by atoms with Gasteiger partial charge in [0.2, 0.25) is 0 Å². The van der Waals surface area contributed by atoms with Gasteiger partial charge < -0.3 is 0 Å². The van der Waals surface area contributed by atoms with Gasteiger partial charge in [-0.05, 0) is 71.5 Å². The minimum Gasteiger partial charge on any atom is -0.0666 e. The molecule has 6 saturated carbocycles. The maximum atomic E-state index is 2.70. The highest BCUT2D eigenvalue weighted by molar-refractivity contribution is 6.12. The molecular weight excluding hydrogens is 239 g/mol. The van der Waals surface area contributed by atoms with E-state index in [4.69, 9.17) is 0 Å². The Kier molecular flexibility index (Phi) is 2.66. The largest absolute Gasteiger partial charge is 0.105 e. The zero-order valence-corrected chi connectivity index (χ0v) is 14.4. The Bertz CT molecular complexity index is 427. The minimum atomic E-state index is 0.657. The van der Waals surface area contributed by atoms with Crippen LogP contribution in [-0.4, -0.2) is 7.85 Å². The molecule has 0 N–H and O–H groups in total. The Morgan fingerprint density at radius 1 is 0.750 bits per heavy atom. The highest BCUT2D eigenvalue weighted by Crippen LogP contribution is 2.74. The van der Waals surface area contributed by atoms with Crippen molar-refractivity contribution in [1.29, 1.82) is 0 Å². The van der Waals surface area contributed by atoms with Gasteiger partial charge in [-0.15, -0.1) is 0 Å². The smallest absolute Gasteiger partial charge is 0.0666 e. The summed E-state index contributed by atoms with van der Waals surface area (Å²) >= 11 is 0. The third kappa shape index (κ3) is 1.37. The van der Waals surface area contributed by atoms with Crippen molar-refractivity contribution in [3.63, 3.8) is 0 Å². The van der Waals surface area contributed by atoms with E-state index < -0.39 is 0 Å². The fourth-order valence-corrected chi connectivity index (χ4v) is 7.70. The van der Waals surface area contributed by atoms with E-state index >= 15 is 0 Å². The first kappa shape index (κ1) is 13.7. The van der Waals surface area contributed by atoms with Crippen molar-refractivity contribution in [2.24, 2.45) is 52.3 Å². The first-order valence-electron chi connectivity index (χ1n) is 9.27. The van der Waals surface area contributed by atoms with E-state index in [1.54, 1.807) is 19.3 Å². The van der Waals surface area contributed by atoms with Crippen molar-refractivity contribution in [3.8, 4) is 0 Å². The summed E-state index contributed by atoms with van der Waals surface area (Å²) in [5.74, 6) is 8.15. The van der Waals surface area contributed by atoms with Gasteiger partial charge in [0, 0.05) is 0 Å². The summed E-state index contributed by atoms with van der Waals surface area (Å²) in [6.45, 7) is 13.0. The first-order valence-corrected chi connectivity index (χ1v) is 9.27. The van der Waals surface area contributed by atoms with Crippen LogP contribution in [0.2, 0.25) is 5.82 Å². The molecule has 3 unspecified atom stereocenters. The lowest BCUT2D eigenvalue weighted by Gasteiger charge is -2.72. The van der Waals surface area contributed by atoms with Gasteiger partial charge in [0.25, 0.3) is 0 Å². The summed E-state index contributed by atoms with van der Waals surface area (Å²) in [6, 6.07) is 0. The van der Waals surface area contributed by atoms with Crippen molar-refractivity contribution in [2.45, 2.75) is 66.1 Å². The van der Waals surface area contributed by atoms with Gasteiger partial charge in [-0.3, -0.25) is 0 Å². The Balaban J connectivity index is 1.60. The summed E-state index contributed by atoms with van der Waals surface area (Å²) < 4.78 is 0. The monoisotopic (exact) mass is 272 g/mol. The molecule has 0 saturated heterocycles. The van der Waals surface area contributed by atoms with Crippen molar-refractivity contribution in [1.82, 2.24) is 0 Å². The maximum absolute atomic E-state index is 2.70. The second kappa shape index (κ2) is 3.88. The lowest BCUT2D eigenvalue weighted by Crippen LogP contribution is -2.65. The molecule has 0 radical (unpaired) electrons. The summed E-state index contributed by atoms with van der Waals surface area (Å²) in [7, 11) is 2.51. The number of hydrogen-bond acceptors (Lipinski definition) is 0. The lowest BCUT2D eigenvalue weighted by molar-refractivity contribution is -0.227. The number of rotatable bonds is 1. The quantitative estimate of drug-likeness (QED) is 0.620. The van der Waals surface area contributed by atoms with E-state index in [1.165, 1.54) is 6.42 Å². The molecule has 0 amide bonds. The van der Waals surface area contributed by atoms with Crippen molar-refractivity contribution >= 4 is 7.85 Å². The molecule has 0 heterocycles. The SMILES string of the molecule is BC1C[C@H]2C[C@@H]([C@@H]1C)C2(C)C1C[C@H]2C[C@@H]([C@@H]1C)C2(C)C. The third-order valence-electron chi connectivity index (χ3n) is 9.56. The maximum Gasteiger partial charge on any atom is 0.105 e. The molecule has 0 nitrogen and oxygen atoms in total. The van der Waals surface area contributed by atoms with Crippen molar-refractivity contribution in [3.05, 3.63) is 0 Å². The molecule has 0 aliphatic heterocycles. The van der Waals surface area contributed by atoms with Gasteiger partial charge in [-0.25, -0.2) is 0 Å². The predicted molar refractivity (Wildman–Crippen MR) is 88.4 cm³/mol. The Labute approximate surface area is 126 Å². The zero-order chi connectivity index (χ0) is 14.4. The van der Waals surface area contributed by atoms with Gasteiger partial charge in [0.1, 0.15) is 7.85 Å². The number of hydrogen-bond donors (Lipinski definition) is 0. The summed E-state index contributed by atoms with van der Waals surface area (Å²) in [5.41, 5.74) is 1.36. The van der Waals surface area contributed by atoms with Crippen LogP contribution in [0.5, 0.6) is 0 Å². The highest BCUT2D eigenvalue weighted by Gasteiger charge is 2.66. The van der Waals surface area contributed by atoms with Gasteiger partial charge in [0.05, 0.1) is 0 Å². The van der Waals surface area contributed by atoms with Gasteiger partial charge >= 0.3 is 0 Å². The molecule has 1 heteroatoms. The summed E-state index contributed by atoms with van der Waals surface area (Å²) in [5, 5.41) is 0. The lowest BCUT2D eigenvalue weighted by atomic mass is 9.32. The van der Waals surface area contributed by atoms with E-state index in [0.29, 0.717) is 10.8 Å². The fraction of sp³-hybridized carbons (Fsp3) is 1.00. The molecule has 112 valence electrons. The van der Waals surface area contributed by atoms with Gasteiger partial charge in [-0.1, -0.05) is 46.9 Å². The molecule has 4 bridgehead atoms. The molecule has 6 rings (SSSR count). The van der Waals surface area contributed by atoms with E-state index in [-0.39, 0.29) is 0 Å². The van der Waals surface area contributed by atoms with E-state index in [2.05, 4.69) is 42.5 Å². The van der Waals surface area contributed by atoms with Crippen LogP contribution in [-0.2, 0) is 0 Å². The van der Waals surface area contributed by atoms with Crippen LogP contribution in [0.4, 0.5) is 0 Å². The van der Waals surface area contributed by atoms with E-state index in [1.807, 2.05) is 0 Å². The average molecular weight is 272 g/mol. The molecule has 0 aromatic carbocycles. The Hall–Kier alpha value is 0.0649. The van der Waals surface area contributed by atoms with Gasteiger partial charge in [-0.2, -0.15) is 0 Å². The first-order chi connectivity index (χ1) is 9.27. The topological polar surface area (TPSA) is 0 Å². The molecule has 20 heavy (non-hydrogen) atoms. The fourth-order valence-electron chi connectivity index (χ4n) is 7.70. The van der Waals surface area contributed by atoms with Crippen LogP contribution < -0.4 is 0 Å². The molecular formula is C19H33B. The number of fused-ring (bicyclic) bond motifs is 5. The Morgan fingerprint density at radius 2 is 1.30 bits per heavy atom. The van der Waals surface area contributed by atoms with Crippen LogP contribution in [0, 0.1) is 52.3 Å². The van der Waals surface area contributed by atoms with E-state index in [9.17, 15) is 0 Å². The molecule has 0 aromatic heterocycles. The van der Waals surface area contributed by atoms with Crippen LogP contribution in [0.1, 0.15) is 60.3 Å². The standard InChI is InChI=1S/C19H33B/c1-10-14-6-12(18(14,3)4)7-15(10)19(5)13-8-16(19)11(2)17(20)9-13/h10-17H,6-9,20H2,1-5H3/t10-,11-,12+,13+,14-,15?,16-,17?,19?/m0/s1. The normalized spacial score (nSPS) is 63.2. The van der Waals surface area contributed by atoms with E-state index in [0.717, 1.165) is 47.2 Å².